The van der Waals surface area contributed by atoms with Crippen LogP contribution in [0.3, 0.4) is 0 Å². The molecule has 1 aromatic heterocycles. The summed E-state index contributed by atoms with van der Waals surface area (Å²) in [5.41, 5.74) is -1.82. The van der Waals surface area contributed by atoms with Gasteiger partial charge < -0.3 is 19.8 Å². The Balaban J connectivity index is 1.72. The number of aliphatic hydroxyl groups is 2. The number of hydrogen-bond donors (Lipinski definition) is 2. The smallest absolute Gasteiger partial charge is 0.390 e. The lowest BCUT2D eigenvalue weighted by Gasteiger charge is -2.48. The lowest BCUT2D eigenvalue weighted by atomic mass is 9.81. The van der Waals surface area contributed by atoms with Crippen molar-refractivity contribution in [3.8, 4) is 0 Å². The predicted octanol–water partition coefficient (Wildman–Crippen LogP) is 0.976. The van der Waals surface area contributed by atoms with Gasteiger partial charge in [-0.25, -0.2) is 9.97 Å². The van der Waals surface area contributed by atoms with Crippen molar-refractivity contribution in [2.75, 3.05) is 24.6 Å². The minimum absolute atomic E-state index is 0.0144. The molecule has 1 spiro atoms. The molecule has 128 valence electrons. The number of ether oxygens (including phenoxy) is 1. The maximum atomic E-state index is 12.7. The molecule has 2 N–H and O–H groups in total. The molecule has 3 rings (SSSR count). The van der Waals surface area contributed by atoms with E-state index >= 15 is 0 Å². The maximum Gasteiger partial charge on any atom is 0.433 e. The van der Waals surface area contributed by atoms with E-state index < -0.39 is 29.7 Å². The second kappa shape index (κ2) is 5.88. The second-order valence-corrected chi connectivity index (χ2v) is 5.94. The van der Waals surface area contributed by atoms with Crippen molar-refractivity contribution in [3.63, 3.8) is 0 Å². The van der Waals surface area contributed by atoms with Gasteiger partial charge >= 0.3 is 6.18 Å². The van der Waals surface area contributed by atoms with Gasteiger partial charge in [0.2, 0.25) is 5.95 Å². The van der Waals surface area contributed by atoms with E-state index in [1.807, 2.05) is 0 Å². The number of aromatic nitrogens is 2. The van der Waals surface area contributed by atoms with Gasteiger partial charge in [-0.2, -0.15) is 13.2 Å². The zero-order valence-electron chi connectivity index (χ0n) is 12.3. The van der Waals surface area contributed by atoms with Crippen LogP contribution in [0.15, 0.2) is 12.3 Å². The molecule has 1 aromatic rings. The Kier molecular flexibility index (Phi) is 4.19. The van der Waals surface area contributed by atoms with E-state index in [4.69, 9.17) is 4.74 Å². The summed E-state index contributed by atoms with van der Waals surface area (Å²) < 4.78 is 43.9. The Morgan fingerprint density at radius 3 is 2.61 bits per heavy atom. The fourth-order valence-corrected chi connectivity index (χ4v) is 3.16. The van der Waals surface area contributed by atoms with Crippen molar-refractivity contribution in [2.45, 2.75) is 43.2 Å². The maximum absolute atomic E-state index is 12.7. The van der Waals surface area contributed by atoms with E-state index in [1.54, 1.807) is 4.90 Å². The van der Waals surface area contributed by atoms with Gasteiger partial charge in [-0.05, 0) is 25.3 Å². The molecule has 0 unspecified atom stereocenters. The number of hydrogen-bond acceptors (Lipinski definition) is 6. The van der Waals surface area contributed by atoms with Crippen LogP contribution in [0.5, 0.6) is 0 Å². The Bertz CT molecular complexity index is 562. The van der Waals surface area contributed by atoms with Crippen LogP contribution in [0.2, 0.25) is 0 Å². The highest BCUT2D eigenvalue weighted by Crippen LogP contribution is 2.36. The number of aliphatic hydroxyl groups excluding tert-OH is 2. The zero-order chi connectivity index (χ0) is 16.7. The van der Waals surface area contributed by atoms with Crippen molar-refractivity contribution < 1.29 is 28.1 Å². The number of halogens is 3. The van der Waals surface area contributed by atoms with Crippen LogP contribution >= 0.6 is 0 Å². The molecule has 0 radical (unpaired) electrons. The topological polar surface area (TPSA) is 78.7 Å². The normalized spacial score (nSPS) is 28.1. The molecular weight excluding hydrogens is 315 g/mol. The molecule has 0 aromatic carbocycles. The quantitative estimate of drug-likeness (QED) is 0.798. The Labute approximate surface area is 130 Å². The lowest BCUT2D eigenvalue weighted by molar-refractivity contribution is -0.205. The van der Waals surface area contributed by atoms with E-state index in [-0.39, 0.29) is 5.95 Å². The molecule has 0 bridgehead atoms. The van der Waals surface area contributed by atoms with Crippen molar-refractivity contribution in [3.05, 3.63) is 18.0 Å². The first-order valence-corrected chi connectivity index (χ1v) is 7.47. The number of anilines is 1. The number of piperidine rings is 1. The standard InChI is InChI=1S/C14H18F3N3O3/c15-14(16,17)10-1-5-18-12(19-10)20-6-3-13(4-7-20)11(22)9(21)2-8-23-13/h1,5,9,11,21-22H,2-4,6-8H2/t9-,11-/m0/s1. The molecule has 0 saturated carbocycles. The highest BCUT2D eigenvalue weighted by molar-refractivity contribution is 5.32. The zero-order valence-corrected chi connectivity index (χ0v) is 12.3. The van der Waals surface area contributed by atoms with E-state index in [1.165, 1.54) is 0 Å². The molecule has 23 heavy (non-hydrogen) atoms. The molecule has 2 saturated heterocycles. The molecule has 2 fully saturated rings. The molecular formula is C14H18F3N3O3. The summed E-state index contributed by atoms with van der Waals surface area (Å²) in [4.78, 5) is 9.12. The summed E-state index contributed by atoms with van der Waals surface area (Å²) >= 11 is 0. The van der Waals surface area contributed by atoms with Crippen molar-refractivity contribution >= 4 is 5.95 Å². The number of alkyl halides is 3. The first-order valence-electron chi connectivity index (χ1n) is 7.47. The summed E-state index contributed by atoms with van der Waals surface area (Å²) in [6.07, 6.45) is -4.08. The van der Waals surface area contributed by atoms with Crippen LogP contribution in [0.25, 0.3) is 0 Å². The summed E-state index contributed by atoms with van der Waals surface area (Å²) in [5.74, 6) is 0.0144. The SMILES string of the molecule is O[C@H]1CCOC2(CCN(c3nccc(C(F)(F)F)n3)CC2)[C@H]1O. The predicted molar refractivity (Wildman–Crippen MR) is 73.8 cm³/mol. The van der Waals surface area contributed by atoms with Gasteiger partial charge in [-0.1, -0.05) is 0 Å². The lowest BCUT2D eigenvalue weighted by Crippen LogP contribution is -2.60. The molecule has 9 heteroatoms. The van der Waals surface area contributed by atoms with Gasteiger partial charge in [-0.3, -0.25) is 0 Å². The van der Waals surface area contributed by atoms with Crippen LogP contribution in [-0.4, -0.2) is 57.7 Å². The third-order valence-corrected chi connectivity index (χ3v) is 4.53. The van der Waals surface area contributed by atoms with Gasteiger partial charge in [-0.15, -0.1) is 0 Å². The number of nitrogens with zero attached hydrogens (tertiary/aromatic N) is 3. The molecule has 0 aliphatic carbocycles. The van der Waals surface area contributed by atoms with Crippen molar-refractivity contribution in [1.29, 1.82) is 0 Å². The Hall–Kier alpha value is -1.45. The highest BCUT2D eigenvalue weighted by atomic mass is 19.4. The minimum atomic E-state index is -4.51. The average molecular weight is 333 g/mol. The molecule has 0 amide bonds. The molecule has 3 heterocycles. The van der Waals surface area contributed by atoms with Gasteiger partial charge in [0.1, 0.15) is 11.8 Å². The first kappa shape index (κ1) is 16.4. The summed E-state index contributed by atoms with van der Waals surface area (Å²) in [7, 11) is 0. The highest BCUT2D eigenvalue weighted by Gasteiger charge is 2.48. The molecule has 2 atom stereocenters. The fourth-order valence-electron chi connectivity index (χ4n) is 3.16. The van der Waals surface area contributed by atoms with Gasteiger partial charge in [0.05, 0.1) is 18.3 Å². The van der Waals surface area contributed by atoms with E-state index in [2.05, 4.69) is 9.97 Å². The first-order chi connectivity index (χ1) is 10.8. The van der Waals surface area contributed by atoms with Gasteiger partial charge in [0.25, 0.3) is 0 Å². The van der Waals surface area contributed by atoms with Crippen LogP contribution in [0.4, 0.5) is 19.1 Å². The van der Waals surface area contributed by atoms with E-state index in [0.29, 0.717) is 39.0 Å². The largest absolute Gasteiger partial charge is 0.433 e. The van der Waals surface area contributed by atoms with Crippen LogP contribution in [0, 0.1) is 0 Å². The third kappa shape index (κ3) is 3.13. The van der Waals surface area contributed by atoms with E-state index in [9.17, 15) is 23.4 Å². The average Bonchev–Trinajstić information content (AvgIpc) is 2.53. The summed E-state index contributed by atoms with van der Waals surface area (Å²) in [5, 5.41) is 20.0. The van der Waals surface area contributed by atoms with E-state index in [0.717, 1.165) is 12.3 Å². The molecule has 2 aliphatic heterocycles. The van der Waals surface area contributed by atoms with Gasteiger partial charge in [0.15, 0.2) is 0 Å². The minimum Gasteiger partial charge on any atom is -0.390 e. The molecule has 2 aliphatic rings. The van der Waals surface area contributed by atoms with Crippen LogP contribution in [0.1, 0.15) is 25.0 Å². The van der Waals surface area contributed by atoms with Crippen LogP contribution in [-0.2, 0) is 10.9 Å². The Morgan fingerprint density at radius 2 is 1.96 bits per heavy atom. The summed E-state index contributed by atoms with van der Waals surface area (Å²) in [6, 6.07) is 0.833. The fraction of sp³-hybridized carbons (Fsp3) is 0.714. The van der Waals surface area contributed by atoms with Crippen molar-refractivity contribution in [2.24, 2.45) is 0 Å². The van der Waals surface area contributed by atoms with Gasteiger partial charge in [0, 0.05) is 19.3 Å². The monoisotopic (exact) mass is 333 g/mol. The number of rotatable bonds is 1. The van der Waals surface area contributed by atoms with Crippen LogP contribution < -0.4 is 4.90 Å². The van der Waals surface area contributed by atoms with Crippen molar-refractivity contribution in [1.82, 2.24) is 9.97 Å². The second-order valence-electron chi connectivity index (χ2n) is 5.94. The summed E-state index contributed by atoms with van der Waals surface area (Å²) in [6.45, 7) is 1.06. The third-order valence-electron chi connectivity index (χ3n) is 4.53. The Morgan fingerprint density at radius 1 is 1.26 bits per heavy atom. The molecule has 6 nitrogen and oxygen atoms in total.